The van der Waals surface area contributed by atoms with Gasteiger partial charge in [0.15, 0.2) is 0 Å². The molecule has 0 spiro atoms. The van der Waals surface area contributed by atoms with Crippen molar-refractivity contribution in [2.75, 3.05) is 6.61 Å². The van der Waals surface area contributed by atoms with Gasteiger partial charge in [-0.2, -0.15) is 0 Å². The number of esters is 1. The van der Waals surface area contributed by atoms with E-state index in [4.69, 9.17) is 4.74 Å². The van der Waals surface area contributed by atoms with Crippen LogP contribution in [0.3, 0.4) is 0 Å². The number of rotatable bonds is 0. The molecule has 1 aliphatic rings. The topological polar surface area (TPSA) is 26.3 Å². The minimum Gasteiger partial charge on any atom is -0.466 e. The van der Waals surface area contributed by atoms with Gasteiger partial charge in [-0.05, 0) is 31.6 Å². The predicted octanol–water partition coefficient (Wildman–Crippen LogP) is 4.64. The Morgan fingerprint density at radius 3 is 2.50 bits per heavy atom. The summed E-state index contributed by atoms with van der Waals surface area (Å²) in [5.41, 5.74) is 0. The zero-order chi connectivity index (χ0) is 13.1. The molecule has 2 heteroatoms. The van der Waals surface area contributed by atoms with E-state index < -0.39 is 0 Å². The van der Waals surface area contributed by atoms with E-state index in [-0.39, 0.29) is 5.97 Å². The molecule has 1 heterocycles. The highest BCUT2D eigenvalue weighted by Crippen LogP contribution is 2.12. The van der Waals surface area contributed by atoms with Crippen LogP contribution in [0.15, 0.2) is 12.2 Å². The van der Waals surface area contributed by atoms with E-state index in [0.717, 1.165) is 12.8 Å². The van der Waals surface area contributed by atoms with E-state index in [2.05, 4.69) is 19.1 Å². The van der Waals surface area contributed by atoms with E-state index >= 15 is 0 Å². The monoisotopic (exact) mass is 252 g/mol. The molecule has 0 radical (unpaired) electrons. The highest BCUT2D eigenvalue weighted by molar-refractivity contribution is 5.69. The van der Waals surface area contributed by atoms with Crippen LogP contribution in [-0.4, -0.2) is 12.6 Å². The fourth-order valence-electron chi connectivity index (χ4n) is 2.27. The molecule has 0 aliphatic carbocycles. The smallest absolute Gasteiger partial charge is 0.305 e. The molecule has 1 atom stereocenters. The Bertz CT molecular complexity index is 245. The Hall–Kier alpha value is -0.790. The van der Waals surface area contributed by atoms with Gasteiger partial charge in [0.2, 0.25) is 0 Å². The molecular weight excluding hydrogens is 224 g/mol. The summed E-state index contributed by atoms with van der Waals surface area (Å²) in [6.45, 7) is 2.76. The van der Waals surface area contributed by atoms with E-state index in [1.807, 2.05) is 0 Å². The molecule has 0 saturated heterocycles. The van der Waals surface area contributed by atoms with Gasteiger partial charge in [-0.15, -0.1) is 0 Å². The normalized spacial score (nSPS) is 27.4. The third-order valence-electron chi connectivity index (χ3n) is 3.55. The second kappa shape index (κ2) is 10.2. The lowest BCUT2D eigenvalue weighted by Crippen LogP contribution is -2.07. The third-order valence-corrected chi connectivity index (χ3v) is 3.55. The summed E-state index contributed by atoms with van der Waals surface area (Å²) in [5, 5.41) is 0. The van der Waals surface area contributed by atoms with Crippen molar-refractivity contribution in [3.8, 4) is 0 Å². The molecule has 1 aliphatic heterocycles. The fourth-order valence-corrected chi connectivity index (χ4v) is 2.27. The standard InChI is InChI=1S/C16H28O2/c1-15-11-9-7-5-3-2-4-6-8-10-12-16(17)18-14-13-15/h9,11,15H,2-8,10,12-14H2,1H3/b11-9-/t15-/m0/s1. The lowest BCUT2D eigenvalue weighted by Gasteiger charge is -2.08. The molecule has 0 N–H and O–H groups in total. The summed E-state index contributed by atoms with van der Waals surface area (Å²) >= 11 is 0. The first-order chi connectivity index (χ1) is 8.79. The SMILES string of the molecule is C[C@H]1/C=C\CCCCCCCCCC(=O)OCC1. The molecule has 0 amide bonds. The van der Waals surface area contributed by atoms with Crippen molar-refractivity contribution < 1.29 is 9.53 Å². The summed E-state index contributed by atoms with van der Waals surface area (Å²) < 4.78 is 5.24. The van der Waals surface area contributed by atoms with Gasteiger partial charge in [0.25, 0.3) is 0 Å². The number of allylic oxidation sites excluding steroid dienone is 2. The van der Waals surface area contributed by atoms with Crippen molar-refractivity contribution in [3.63, 3.8) is 0 Å². The Kier molecular flexibility index (Phi) is 8.62. The summed E-state index contributed by atoms with van der Waals surface area (Å²) in [7, 11) is 0. The quantitative estimate of drug-likeness (QED) is 0.464. The van der Waals surface area contributed by atoms with E-state index in [1.165, 1.54) is 44.9 Å². The van der Waals surface area contributed by atoms with E-state index in [0.29, 0.717) is 18.9 Å². The van der Waals surface area contributed by atoms with Gasteiger partial charge in [-0.25, -0.2) is 0 Å². The van der Waals surface area contributed by atoms with Crippen LogP contribution in [0.25, 0.3) is 0 Å². The van der Waals surface area contributed by atoms with Gasteiger partial charge >= 0.3 is 5.97 Å². The molecule has 2 nitrogen and oxygen atoms in total. The number of carbonyl (C=O) groups excluding carboxylic acids is 1. The minimum absolute atomic E-state index is 0.0155. The van der Waals surface area contributed by atoms with Crippen molar-refractivity contribution in [1.29, 1.82) is 0 Å². The van der Waals surface area contributed by atoms with Crippen LogP contribution in [0, 0.1) is 5.92 Å². The van der Waals surface area contributed by atoms with Crippen LogP contribution in [0.1, 0.15) is 71.1 Å². The lowest BCUT2D eigenvalue weighted by atomic mass is 10.0. The summed E-state index contributed by atoms with van der Waals surface area (Å²) in [6, 6.07) is 0. The molecule has 0 fully saturated rings. The maximum atomic E-state index is 11.4. The Labute approximate surface area is 112 Å². The first-order valence-corrected chi connectivity index (χ1v) is 7.61. The maximum absolute atomic E-state index is 11.4. The van der Waals surface area contributed by atoms with Crippen LogP contribution in [-0.2, 0) is 9.53 Å². The second-order valence-electron chi connectivity index (χ2n) is 5.43. The zero-order valence-electron chi connectivity index (χ0n) is 11.8. The Morgan fingerprint density at radius 2 is 1.72 bits per heavy atom. The van der Waals surface area contributed by atoms with Gasteiger partial charge in [0.05, 0.1) is 6.61 Å². The Morgan fingerprint density at radius 1 is 1.06 bits per heavy atom. The average molecular weight is 252 g/mol. The molecule has 0 aromatic rings. The highest BCUT2D eigenvalue weighted by Gasteiger charge is 2.04. The molecule has 0 saturated carbocycles. The van der Waals surface area contributed by atoms with Gasteiger partial charge in [-0.3, -0.25) is 4.79 Å². The molecule has 0 aromatic carbocycles. The first kappa shape index (κ1) is 15.3. The fraction of sp³-hybridized carbons (Fsp3) is 0.812. The van der Waals surface area contributed by atoms with E-state index in [9.17, 15) is 4.79 Å². The minimum atomic E-state index is -0.0155. The second-order valence-corrected chi connectivity index (χ2v) is 5.43. The van der Waals surface area contributed by atoms with Crippen LogP contribution < -0.4 is 0 Å². The molecule has 0 unspecified atom stereocenters. The van der Waals surface area contributed by atoms with Gasteiger partial charge in [-0.1, -0.05) is 51.2 Å². The van der Waals surface area contributed by atoms with Gasteiger partial charge < -0.3 is 4.74 Å². The summed E-state index contributed by atoms with van der Waals surface area (Å²) in [5.74, 6) is 0.504. The first-order valence-electron chi connectivity index (χ1n) is 7.61. The Balaban J connectivity index is 2.28. The van der Waals surface area contributed by atoms with Crippen LogP contribution >= 0.6 is 0 Å². The summed E-state index contributed by atoms with van der Waals surface area (Å²) in [4.78, 5) is 11.4. The molecule has 104 valence electrons. The largest absolute Gasteiger partial charge is 0.466 e. The van der Waals surface area contributed by atoms with Crippen LogP contribution in [0.4, 0.5) is 0 Å². The van der Waals surface area contributed by atoms with Gasteiger partial charge in [0, 0.05) is 6.42 Å². The highest BCUT2D eigenvalue weighted by atomic mass is 16.5. The number of carbonyl (C=O) groups is 1. The van der Waals surface area contributed by atoms with Crippen molar-refractivity contribution in [2.45, 2.75) is 71.1 Å². The zero-order valence-corrected chi connectivity index (χ0v) is 11.8. The van der Waals surface area contributed by atoms with Crippen LogP contribution in [0.5, 0.6) is 0 Å². The van der Waals surface area contributed by atoms with Crippen molar-refractivity contribution in [2.24, 2.45) is 5.92 Å². The van der Waals surface area contributed by atoms with E-state index in [1.54, 1.807) is 0 Å². The predicted molar refractivity (Wildman–Crippen MR) is 75.4 cm³/mol. The molecule has 0 aromatic heterocycles. The average Bonchev–Trinajstić information content (AvgIpc) is 2.34. The molecule has 1 rings (SSSR count). The van der Waals surface area contributed by atoms with Gasteiger partial charge in [0.1, 0.15) is 0 Å². The van der Waals surface area contributed by atoms with Crippen molar-refractivity contribution >= 4 is 5.97 Å². The number of hydrogen-bond acceptors (Lipinski definition) is 2. The molecule has 0 bridgehead atoms. The number of cyclic esters (lactones) is 1. The lowest BCUT2D eigenvalue weighted by molar-refractivity contribution is -0.144. The van der Waals surface area contributed by atoms with Crippen LogP contribution in [0.2, 0.25) is 0 Å². The number of hydrogen-bond donors (Lipinski definition) is 0. The maximum Gasteiger partial charge on any atom is 0.305 e. The third kappa shape index (κ3) is 8.32. The molecule has 18 heavy (non-hydrogen) atoms. The molecular formula is C16H28O2. The summed E-state index contributed by atoms with van der Waals surface area (Å²) in [6.07, 6.45) is 16.1. The number of ether oxygens (including phenoxy) is 1. The van der Waals surface area contributed by atoms with Crippen molar-refractivity contribution in [3.05, 3.63) is 12.2 Å². The van der Waals surface area contributed by atoms with Crippen molar-refractivity contribution in [1.82, 2.24) is 0 Å².